The lowest BCUT2D eigenvalue weighted by Crippen LogP contribution is -2.22. The number of rotatable bonds is 2. The lowest BCUT2D eigenvalue weighted by molar-refractivity contribution is -0.141. The van der Waals surface area contributed by atoms with E-state index in [9.17, 15) is 18.0 Å². The topological polar surface area (TPSA) is 70.7 Å². The molecule has 1 aromatic heterocycles. The van der Waals surface area contributed by atoms with Gasteiger partial charge >= 0.3 is 22.7 Å². The third-order valence-electron chi connectivity index (χ3n) is 2.68. The predicted octanol–water partition coefficient (Wildman–Crippen LogP) is 1.04. The summed E-state index contributed by atoms with van der Waals surface area (Å²) in [6.45, 7) is 0. The Bertz CT molecular complexity index is 733. The molecule has 9 heteroatoms. The Morgan fingerprint density at radius 1 is 1.38 bits per heavy atom. The van der Waals surface area contributed by atoms with Gasteiger partial charge in [-0.25, -0.2) is 4.68 Å². The molecule has 0 bridgehead atoms. The fraction of sp³-hybridized carbons (Fsp3) is 0.0833. The summed E-state index contributed by atoms with van der Waals surface area (Å²) in [4.78, 5) is 11.7. The quantitative estimate of drug-likeness (QED) is 0.843. The standard InChI is InChI=1S/C12H7F3N4O.Al.2H/c13-12(14,15)10-5-9(11(17)20)19(18-10)8-3-1-2-7(4-8)6-16;;;/h1-5H,(H2,17,20);;;/q;+1;;/p-1. The van der Waals surface area contributed by atoms with Crippen molar-refractivity contribution in [3.63, 3.8) is 0 Å². The normalized spacial score (nSPS) is 11.0. The van der Waals surface area contributed by atoms with Gasteiger partial charge < -0.3 is 4.30 Å². The molecule has 0 unspecified atom stereocenters. The van der Waals surface area contributed by atoms with Gasteiger partial charge in [0.25, 0.3) is 0 Å². The second-order valence-corrected chi connectivity index (χ2v) is 4.57. The zero-order valence-electron chi connectivity index (χ0n) is 10.8. The van der Waals surface area contributed by atoms with Gasteiger partial charge in [0.05, 0.1) is 17.3 Å². The molecule has 106 valence electrons. The van der Waals surface area contributed by atoms with Gasteiger partial charge in [0.1, 0.15) is 5.69 Å². The highest BCUT2D eigenvalue weighted by atomic mass is 27.1. The minimum Gasteiger partial charge on any atom is -0.447 e. The first kappa shape index (κ1) is 15.1. The number of aromatic nitrogens is 2. The molecule has 0 saturated carbocycles. The fourth-order valence-electron chi connectivity index (χ4n) is 1.71. The van der Waals surface area contributed by atoms with Crippen LogP contribution in [-0.4, -0.2) is 32.2 Å². The van der Waals surface area contributed by atoms with Crippen molar-refractivity contribution in [2.45, 2.75) is 6.18 Å². The van der Waals surface area contributed by atoms with E-state index < -0.39 is 17.8 Å². The summed E-state index contributed by atoms with van der Waals surface area (Å²) in [6.07, 6.45) is -4.65. The van der Waals surface area contributed by atoms with Crippen LogP contribution in [0.4, 0.5) is 13.2 Å². The zero-order chi connectivity index (χ0) is 15.6. The summed E-state index contributed by atoms with van der Waals surface area (Å²) < 4.78 is 41.6. The van der Waals surface area contributed by atoms with Crippen LogP contribution in [0, 0.1) is 11.3 Å². The molecule has 2 rings (SSSR count). The van der Waals surface area contributed by atoms with Crippen LogP contribution in [0.5, 0.6) is 0 Å². The van der Waals surface area contributed by atoms with E-state index in [1.807, 2.05) is 6.07 Å². The van der Waals surface area contributed by atoms with Crippen molar-refractivity contribution in [2.75, 3.05) is 0 Å². The van der Waals surface area contributed by atoms with E-state index in [4.69, 9.17) is 5.26 Å². The molecule has 1 heterocycles. The van der Waals surface area contributed by atoms with E-state index in [1.165, 1.54) is 24.3 Å². The van der Waals surface area contributed by atoms with E-state index in [-0.39, 0.29) is 16.9 Å². The minimum absolute atomic E-state index is 0.213. The molecule has 1 amide bonds. The zero-order valence-corrected chi connectivity index (χ0v) is 12.8. The van der Waals surface area contributed by atoms with Crippen molar-refractivity contribution in [1.29, 1.82) is 5.26 Å². The van der Waals surface area contributed by atoms with E-state index in [2.05, 4.69) is 9.40 Å². The van der Waals surface area contributed by atoms with E-state index in [1.54, 1.807) is 0 Å². The molecule has 0 atom stereocenters. The average Bonchev–Trinajstić information content (AvgIpc) is 2.91. The number of carbonyl (C=O) groups excluding carboxylic acids is 1. The molecule has 0 aliphatic carbocycles. The maximum absolute atomic E-state index is 12.8. The highest BCUT2D eigenvalue weighted by Gasteiger charge is 2.36. The van der Waals surface area contributed by atoms with Crippen LogP contribution in [0.25, 0.3) is 5.69 Å². The summed E-state index contributed by atoms with van der Waals surface area (Å²) in [7, 11) is 0. The van der Waals surface area contributed by atoms with Gasteiger partial charge in [-0.15, -0.1) is 0 Å². The van der Waals surface area contributed by atoms with E-state index in [0.717, 1.165) is 4.68 Å². The minimum atomic E-state index is -4.65. The molecular formula is C12H8AlF3N4O. The van der Waals surface area contributed by atoms with Crippen LogP contribution < -0.4 is 4.30 Å². The van der Waals surface area contributed by atoms with Gasteiger partial charge in [0.2, 0.25) is 5.91 Å². The van der Waals surface area contributed by atoms with Crippen LogP contribution >= 0.6 is 0 Å². The number of alkyl halides is 3. The second kappa shape index (κ2) is 5.60. The number of nitrogens with zero attached hydrogens (tertiary/aromatic N) is 3. The Kier molecular flexibility index (Phi) is 4.03. The first-order valence-electron chi connectivity index (χ1n) is 5.76. The molecule has 0 aliphatic heterocycles. The highest BCUT2D eigenvalue weighted by Crippen LogP contribution is 2.29. The van der Waals surface area contributed by atoms with Crippen molar-refractivity contribution in [3.8, 4) is 11.8 Å². The van der Waals surface area contributed by atoms with Crippen LogP contribution in [0.2, 0.25) is 0 Å². The number of nitriles is 1. The molecule has 0 radical (unpaired) electrons. The van der Waals surface area contributed by atoms with Gasteiger partial charge in [-0.1, -0.05) is 6.07 Å². The van der Waals surface area contributed by atoms with Gasteiger partial charge in [0, 0.05) is 6.07 Å². The first-order valence-corrected chi connectivity index (χ1v) is 6.76. The van der Waals surface area contributed by atoms with Crippen molar-refractivity contribution >= 4 is 22.4 Å². The first-order chi connectivity index (χ1) is 9.86. The summed E-state index contributed by atoms with van der Waals surface area (Å²) >= 11 is 0.291. The van der Waals surface area contributed by atoms with Crippen molar-refractivity contribution in [2.24, 2.45) is 0 Å². The number of hydrogen-bond acceptors (Lipinski definition) is 3. The number of hydrogen-bond donors (Lipinski definition) is 1. The maximum Gasteiger partial charge on any atom is 0.435 e. The maximum atomic E-state index is 12.8. The lowest BCUT2D eigenvalue weighted by Gasteiger charge is -2.07. The van der Waals surface area contributed by atoms with Gasteiger partial charge in [-0.05, 0) is 18.2 Å². The third kappa shape index (κ3) is 3.07. The molecule has 0 spiro atoms. The summed E-state index contributed by atoms with van der Waals surface area (Å²) in [6, 6.07) is 8.40. The summed E-state index contributed by atoms with van der Waals surface area (Å²) in [5.74, 6) is -0.646. The largest absolute Gasteiger partial charge is 0.447 e. The molecule has 0 aliphatic rings. The second-order valence-electron chi connectivity index (χ2n) is 4.07. The molecular weight excluding hydrogens is 300 g/mol. The number of nitrogens with one attached hydrogen (secondary N) is 1. The van der Waals surface area contributed by atoms with Crippen LogP contribution in [0.3, 0.4) is 0 Å². The smallest absolute Gasteiger partial charge is 0.435 e. The van der Waals surface area contributed by atoms with Crippen LogP contribution in [0.1, 0.15) is 21.7 Å². The summed E-state index contributed by atoms with van der Waals surface area (Å²) in [5.41, 5.74) is -0.920. The van der Waals surface area contributed by atoms with Crippen molar-refractivity contribution in [3.05, 3.63) is 47.3 Å². The van der Waals surface area contributed by atoms with Crippen LogP contribution in [0.15, 0.2) is 30.3 Å². The Morgan fingerprint density at radius 3 is 2.67 bits per heavy atom. The highest BCUT2D eigenvalue weighted by molar-refractivity contribution is 6.17. The number of amides is 1. The Labute approximate surface area is 125 Å². The summed E-state index contributed by atoms with van der Waals surface area (Å²) in [5, 5.41) is 12.3. The fourth-order valence-corrected chi connectivity index (χ4v) is 1.97. The molecule has 1 N–H and O–H groups in total. The van der Waals surface area contributed by atoms with E-state index in [0.29, 0.717) is 22.6 Å². The van der Waals surface area contributed by atoms with E-state index >= 15 is 0 Å². The Hall–Kier alpha value is -2.29. The lowest BCUT2D eigenvalue weighted by atomic mass is 10.2. The molecule has 5 nitrogen and oxygen atoms in total. The van der Waals surface area contributed by atoms with Crippen LogP contribution in [-0.2, 0) is 6.18 Å². The van der Waals surface area contributed by atoms with Crippen molar-refractivity contribution in [1.82, 2.24) is 14.1 Å². The predicted molar refractivity (Wildman–Crippen MR) is 69.3 cm³/mol. The number of benzene rings is 1. The van der Waals surface area contributed by atoms with Gasteiger partial charge in [0.15, 0.2) is 5.69 Å². The Balaban J connectivity index is 2.63. The SMILES string of the molecule is N#Cc1cccc(-n2nc(C(F)(F)F)cc2C(=O)[NH][AlH2])c1. The third-order valence-corrected chi connectivity index (χ3v) is 3.13. The molecule has 0 saturated heterocycles. The van der Waals surface area contributed by atoms with Crippen molar-refractivity contribution < 1.29 is 18.0 Å². The van der Waals surface area contributed by atoms with Gasteiger partial charge in [-0.3, -0.25) is 4.79 Å². The molecule has 1 aromatic carbocycles. The monoisotopic (exact) mass is 308 g/mol. The number of carbonyl (C=O) groups is 1. The molecule has 21 heavy (non-hydrogen) atoms. The average molecular weight is 308 g/mol. The molecule has 2 aromatic rings. The number of halogens is 3. The Morgan fingerprint density at radius 2 is 2.10 bits per heavy atom. The molecule has 0 fully saturated rings. The van der Waals surface area contributed by atoms with Gasteiger partial charge in [-0.2, -0.15) is 23.5 Å².